The minimum absolute atomic E-state index is 0.0432. The first-order chi connectivity index (χ1) is 15.0. The largest absolute Gasteiger partial charge is 0.435 e. The van der Waals surface area contributed by atoms with Gasteiger partial charge in [-0.2, -0.15) is 14.0 Å². The number of hydrogen-bond acceptors (Lipinski definition) is 6. The van der Waals surface area contributed by atoms with Crippen molar-refractivity contribution in [3.05, 3.63) is 72.4 Å². The third-order valence-electron chi connectivity index (χ3n) is 4.52. The molecule has 0 atom stereocenters. The molecule has 0 aliphatic heterocycles. The highest BCUT2D eigenvalue weighted by Crippen LogP contribution is 2.24. The lowest BCUT2D eigenvalue weighted by molar-refractivity contribution is -0.0498. The molecule has 0 saturated carbocycles. The van der Waals surface area contributed by atoms with E-state index in [0.29, 0.717) is 28.3 Å². The molecular weight excluding hydrogens is 406 g/mol. The van der Waals surface area contributed by atoms with Gasteiger partial charge >= 0.3 is 6.61 Å². The number of hydrogen-bond donors (Lipinski definition) is 0. The number of alkyl halides is 2. The van der Waals surface area contributed by atoms with E-state index in [2.05, 4.69) is 19.7 Å². The Balaban J connectivity index is 1.64. The highest BCUT2D eigenvalue weighted by atomic mass is 19.3. The molecule has 1 aromatic carbocycles. The molecule has 1 amide bonds. The number of nitrogens with zero attached hydrogens (tertiary/aromatic N) is 6. The number of anilines is 1. The van der Waals surface area contributed by atoms with Crippen molar-refractivity contribution >= 4 is 17.4 Å². The minimum Gasteiger partial charge on any atom is -0.435 e. The van der Waals surface area contributed by atoms with Gasteiger partial charge in [0.1, 0.15) is 23.3 Å². The highest BCUT2D eigenvalue weighted by Gasteiger charge is 2.18. The number of fused-ring (bicyclic) bond motifs is 1. The average Bonchev–Trinajstić information content (AvgIpc) is 3.21. The normalized spacial score (nSPS) is 10.8. The second-order valence-corrected chi connectivity index (χ2v) is 6.43. The van der Waals surface area contributed by atoms with Gasteiger partial charge in [0.05, 0.1) is 23.7 Å². The summed E-state index contributed by atoms with van der Waals surface area (Å²) in [7, 11) is 1.55. The number of halogens is 2. The Kier molecular flexibility index (Phi) is 5.24. The van der Waals surface area contributed by atoms with Gasteiger partial charge in [-0.25, -0.2) is 15.0 Å². The van der Waals surface area contributed by atoms with Crippen molar-refractivity contribution in [1.29, 1.82) is 5.26 Å². The maximum atomic E-state index is 12.9. The van der Waals surface area contributed by atoms with Crippen molar-refractivity contribution in [2.24, 2.45) is 0 Å². The van der Waals surface area contributed by atoms with Gasteiger partial charge in [0, 0.05) is 25.0 Å². The Hall–Kier alpha value is -4.39. The summed E-state index contributed by atoms with van der Waals surface area (Å²) in [5, 5.41) is 8.88. The first kappa shape index (κ1) is 19.9. The molecule has 10 heteroatoms. The van der Waals surface area contributed by atoms with Crippen LogP contribution < -0.4 is 9.64 Å². The molecule has 3 aromatic heterocycles. The van der Waals surface area contributed by atoms with Gasteiger partial charge in [-0.3, -0.25) is 14.1 Å². The van der Waals surface area contributed by atoms with E-state index in [4.69, 9.17) is 5.26 Å². The van der Waals surface area contributed by atoms with E-state index in [0.717, 1.165) is 0 Å². The van der Waals surface area contributed by atoms with Gasteiger partial charge in [-0.15, -0.1) is 0 Å². The van der Waals surface area contributed by atoms with Crippen LogP contribution in [0.15, 0.2) is 61.2 Å². The Morgan fingerprint density at radius 2 is 1.87 bits per heavy atom. The molecule has 4 aromatic rings. The summed E-state index contributed by atoms with van der Waals surface area (Å²) in [6, 6.07) is 11.2. The lowest BCUT2D eigenvalue weighted by Gasteiger charge is -2.15. The fourth-order valence-electron chi connectivity index (χ4n) is 2.95. The summed E-state index contributed by atoms with van der Waals surface area (Å²) in [6.45, 7) is -2.90. The predicted octanol–water partition coefficient (Wildman–Crippen LogP) is 3.54. The van der Waals surface area contributed by atoms with E-state index in [9.17, 15) is 13.6 Å². The van der Waals surface area contributed by atoms with Crippen LogP contribution in [0.4, 0.5) is 14.6 Å². The Labute approximate surface area is 175 Å². The van der Waals surface area contributed by atoms with E-state index in [1.54, 1.807) is 48.1 Å². The van der Waals surface area contributed by atoms with Crippen molar-refractivity contribution < 1.29 is 18.3 Å². The standard InChI is InChI=1S/C21H14F2N6O2/c1-28(18-7-2-13(8-24)9-26-18)20(30)16-12-29-17(10-27-19(29)11-25-16)14-3-5-15(6-4-14)31-21(22)23/h2-7,9-12,21H,1H3. The smallest absolute Gasteiger partial charge is 0.387 e. The molecule has 0 saturated heterocycles. The van der Waals surface area contributed by atoms with Gasteiger partial charge in [0.2, 0.25) is 0 Å². The quantitative estimate of drug-likeness (QED) is 0.490. The molecule has 0 fully saturated rings. The van der Waals surface area contributed by atoms with Crippen molar-refractivity contribution in [2.75, 3.05) is 11.9 Å². The van der Waals surface area contributed by atoms with Crippen LogP contribution in [0.1, 0.15) is 16.1 Å². The molecule has 3 heterocycles. The molecule has 0 aliphatic carbocycles. The Morgan fingerprint density at radius 1 is 1.10 bits per heavy atom. The molecule has 0 bridgehead atoms. The zero-order valence-electron chi connectivity index (χ0n) is 16.1. The number of carbonyl (C=O) groups excluding carboxylic acids is 1. The average molecular weight is 420 g/mol. The first-order valence-electron chi connectivity index (χ1n) is 8.99. The molecule has 4 rings (SSSR count). The number of carbonyl (C=O) groups is 1. The fourth-order valence-corrected chi connectivity index (χ4v) is 2.95. The molecule has 0 radical (unpaired) electrons. The number of amides is 1. The summed E-state index contributed by atoms with van der Waals surface area (Å²) in [4.78, 5) is 26.8. The zero-order valence-corrected chi connectivity index (χ0v) is 16.1. The number of pyridine rings is 1. The maximum absolute atomic E-state index is 12.9. The van der Waals surface area contributed by atoms with Crippen LogP contribution in [0.3, 0.4) is 0 Å². The topological polar surface area (TPSA) is 96.4 Å². The summed E-state index contributed by atoms with van der Waals surface area (Å²) in [5.41, 5.74) is 2.39. The van der Waals surface area contributed by atoms with Crippen molar-refractivity contribution in [3.63, 3.8) is 0 Å². The molecule has 31 heavy (non-hydrogen) atoms. The van der Waals surface area contributed by atoms with Gasteiger partial charge in [0.15, 0.2) is 5.65 Å². The summed E-state index contributed by atoms with van der Waals surface area (Å²) < 4.78 is 30.8. The number of aromatic nitrogens is 4. The number of benzene rings is 1. The molecule has 0 aliphatic rings. The van der Waals surface area contributed by atoms with Crippen LogP contribution in [-0.4, -0.2) is 38.9 Å². The van der Waals surface area contributed by atoms with Crippen LogP contribution >= 0.6 is 0 Å². The van der Waals surface area contributed by atoms with Crippen LogP contribution in [0.25, 0.3) is 16.9 Å². The van der Waals surface area contributed by atoms with E-state index in [1.165, 1.54) is 29.4 Å². The van der Waals surface area contributed by atoms with Crippen molar-refractivity contribution in [3.8, 4) is 23.1 Å². The first-order valence-corrected chi connectivity index (χ1v) is 8.99. The van der Waals surface area contributed by atoms with Gasteiger partial charge in [-0.05, 0) is 36.4 Å². The number of ether oxygens (including phenoxy) is 1. The maximum Gasteiger partial charge on any atom is 0.387 e. The van der Waals surface area contributed by atoms with Gasteiger partial charge in [-0.1, -0.05) is 0 Å². The van der Waals surface area contributed by atoms with Crippen LogP contribution in [0.2, 0.25) is 0 Å². The third-order valence-corrected chi connectivity index (χ3v) is 4.52. The lowest BCUT2D eigenvalue weighted by atomic mass is 10.1. The second-order valence-electron chi connectivity index (χ2n) is 6.43. The van der Waals surface area contributed by atoms with Crippen LogP contribution in [-0.2, 0) is 0 Å². The highest BCUT2D eigenvalue weighted by molar-refractivity contribution is 6.03. The van der Waals surface area contributed by atoms with Crippen molar-refractivity contribution in [2.45, 2.75) is 6.61 Å². The minimum atomic E-state index is -2.90. The lowest BCUT2D eigenvalue weighted by Crippen LogP contribution is -2.28. The van der Waals surface area contributed by atoms with Crippen molar-refractivity contribution in [1.82, 2.24) is 19.4 Å². The van der Waals surface area contributed by atoms with Crippen LogP contribution in [0.5, 0.6) is 5.75 Å². The van der Waals surface area contributed by atoms with Gasteiger partial charge < -0.3 is 4.74 Å². The molecule has 8 nitrogen and oxygen atoms in total. The Bertz CT molecular complexity index is 1280. The van der Waals surface area contributed by atoms with E-state index in [1.807, 2.05) is 6.07 Å². The summed E-state index contributed by atoms with van der Waals surface area (Å²) >= 11 is 0. The third kappa shape index (κ3) is 4.02. The zero-order chi connectivity index (χ0) is 22.0. The van der Waals surface area contributed by atoms with E-state index >= 15 is 0 Å². The molecule has 0 spiro atoms. The molecule has 154 valence electrons. The van der Waals surface area contributed by atoms with Gasteiger partial charge in [0.25, 0.3) is 5.91 Å². The number of imidazole rings is 1. The Morgan fingerprint density at radius 3 is 2.52 bits per heavy atom. The van der Waals surface area contributed by atoms with E-state index < -0.39 is 12.5 Å². The summed E-state index contributed by atoms with van der Waals surface area (Å²) in [6.07, 6.45) is 5.99. The second kappa shape index (κ2) is 8.16. The monoisotopic (exact) mass is 420 g/mol. The number of nitriles is 1. The molecular formula is C21H14F2N6O2. The predicted molar refractivity (Wildman–Crippen MR) is 107 cm³/mol. The van der Waals surface area contributed by atoms with Crippen LogP contribution in [0, 0.1) is 11.3 Å². The van der Waals surface area contributed by atoms with E-state index in [-0.39, 0.29) is 11.4 Å². The SMILES string of the molecule is CN(C(=O)c1cn2c(-c3ccc(OC(F)F)cc3)cnc2cn1)c1ccc(C#N)cn1. The number of rotatable bonds is 5. The molecule has 0 N–H and O–H groups in total. The molecule has 0 unspecified atom stereocenters. The summed E-state index contributed by atoms with van der Waals surface area (Å²) in [5.74, 6) is 0.00690. The fraction of sp³-hybridized carbons (Fsp3) is 0.0952.